The van der Waals surface area contributed by atoms with Crippen molar-refractivity contribution in [3.05, 3.63) is 10.6 Å². The third-order valence-corrected chi connectivity index (χ3v) is 9.76. The zero-order chi connectivity index (χ0) is 19.9. The highest BCUT2D eigenvalue weighted by molar-refractivity contribution is 9.11. The Morgan fingerprint density at radius 1 is 1.21 bits per heavy atom. The molecule has 6 rings (SSSR count). The minimum absolute atomic E-state index is 0.0139. The zero-order valence-corrected chi connectivity index (χ0v) is 18.1. The average molecular weight is 451 g/mol. The first-order valence-corrected chi connectivity index (χ1v) is 11.2. The summed E-state index contributed by atoms with van der Waals surface area (Å²) in [5.74, 6) is -0.664. The van der Waals surface area contributed by atoms with Crippen LogP contribution < -0.4 is 0 Å². The van der Waals surface area contributed by atoms with Crippen molar-refractivity contribution in [1.82, 2.24) is 0 Å². The third kappa shape index (κ3) is 2.02. The molecule has 5 nitrogen and oxygen atoms in total. The Hall–Kier alpha value is -0.850. The summed E-state index contributed by atoms with van der Waals surface area (Å²) in [5, 5.41) is 0. The van der Waals surface area contributed by atoms with E-state index < -0.39 is 16.8 Å². The van der Waals surface area contributed by atoms with Crippen LogP contribution in [-0.2, 0) is 23.9 Å². The van der Waals surface area contributed by atoms with Crippen molar-refractivity contribution >= 4 is 33.3 Å². The Labute approximate surface area is 173 Å². The molecular formula is C22H27BrO5. The number of ketones is 3. The van der Waals surface area contributed by atoms with E-state index in [1.807, 2.05) is 0 Å². The fourth-order valence-corrected chi connectivity index (χ4v) is 8.06. The molecule has 28 heavy (non-hydrogen) atoms. The third-order valence-electron chi connectivity index (χ3n) is 8.88. The normalized spacial score (nSPS) is 49.3. The van der Waals surface area contributed by atoms with E-state index in [2.05, 4.69) is 28.9 Å². The van der Waals surface area contributed by atoms with Gasteiger partial charge < -0.3 is 9.47 Å². The fourth-order valence-electron chi connectivity index (χ4n) is 7.12. The summed E-state index contributed by atoms with van der Waals surface area (Å²) < 4.78 is 13.1. The summed E-state index contributed by atoms with van der Waals surface area (Å²) in [6.07, 6.45) is 7.55. The van der Waals surface area contributed by atoms with Crippen LogP contribution in [0.15, 0.2) is 10.6 Å². The quantitative estimate of drug-likeness (QED) is 0.607. The lowest BCUT2D eigenvalue weighted by molar-refractivity contribution is -0.364. The molecule has 2 heterocycles. The van der Waals surface area contributed by atoms with Crippen LogP contribution in [0.2, 0.25) is 0 Å². The molecule has 0 aromatic rings. The van der Waals surface area contributed by atoms with Crippen molar-refractivity contribution in [2.75, 3.05) is 7.11 Å². The van der Waals surface area contributed by atoms with Gasteiger partial charge in [-0.05, 0) is 37.5 Å². The van der Waals surface area contributed by atoms with Crippen molar-refractivity contribution in [3.8, 4) is 0 Å². The molecule has 0 aromatic carbocycles. The summed E-state index contributed by atoms with van der Waals surface area (Å²) in [6.45, 7) is 2.14. The van der Waals surface area contributed by atoms with Crippen molar-refractivity contribution in [1.29, 1.82) is 0 Å². The second-order valence-corrected chi connectivity index (χ2v) is 10.6. The van der Waals surface area contributed by atoms with Crippen LogP contribution in [0.5, 0.6) is 0 Å². The maximum atomic E-state index is 14.0. The molecule has 2 saturated heterocycles. The monoisotopic (exact) mass is 450 g/mol. The predicted molar refractivity (Wildman–Crippen MR) is 105 cm³/mol. The lowest BCUT2D eigenvalue weighted by Gasteiger charge is -2.66. The first kappa shape index (κ1) is 19.1. The lowest BCUT2D eigenvalue weighted by Crippen LogP contribution is -2.72. The van der Waals surface area contributed by atoms with Gasteiger partial charge >= 0.3 is 0 Å². The van der Waals surface area contributed by atoms with Gasteiger partial charge in [0.15, 0.2) is 17.2 Å². The van der Waals surface area contributed by atoms with Gasteiger partial charge in [-0.15, -0.1) is 0 Å². The largest absolute Gasteiger partial charge is 0.353 e. The van der Waals surface area contributed by atoms with Crippen molar-refractivity contribution in [2.45, 2.75) is 76.1 Å². The Morgan fingerprint density at radius 3 is 2.54 bits per heavy atom. The summed E-state index contributed by atoms with van der Waals surface area (Å²) in [6, 6.07) is 0. The zero-order valence-electron chi connectivity index (χ0n) is 16.5. The number of methoxy groups -OCH3 is 1. The topological polar surface area (TPSA) is 69.7 Å². The first-order chi connectivity index (χ1) is 13.2. The van der Waals surface area contributed by atoms with E-state index >= 15 is 0 Å². The molecule has 0 amide bonds. The van der Waals surface area contributed by atoms with E-state index in [0.717, 1.165) is 43.0 Å². The number of halogens is 1. The highest BCUT2D eigenvalue weighted by atomic mass is 79.9. The molecule has 3 saturated carbocycles. The van der Waals surface area contributed by atoms with Crippen molar-refractivity contribution in [3.63, 3.8) is 0 Å². The van der Waals surface area contributed by atoms with Crippen LogP contribution in [0, 0.1) is 22.7 Å². The Balaban J connectivity index is 1.60. The predicted octanol–water partition coefficient (Wildman–Crippen LogP) is 3.87. The summed E-state index contributed by atoms with van der Waals surface area (Å²) in [5.41, 5.74) is -2.62. The number of allylic oxidation sites excluding steroid dienone is 1. The van der Waals surface area contributed by atoms with Crippen LogP contribution in [0.25, 0.3) is 0 Å². The SMILES string of the molecule is COC12CC[C@@]3(C)[C@H](CC=C(Br)[C@@]3(C(=O)CC34C(=O)CCC3CCC4=O)O1)C2. The molecule has 0 aromatic heterocycles. The average Bonchev–Trinajstić information content (AvgIpc) is 3.16. The molecule has 4 atom stereocenters. The minimum atomic E-state index is -1.16. The van der Waals surface area contributed by atoms with Crippen LogP contribution in [-0.4, -0.2) is 35.8 Å². The second kappa shape index (κ2) is 5.86. The van der Waals surface area contributed by atoms with Crippen LogP contribution >= 0.6 is 15.9 Å². The molecular weight excluding hydrogens is 424 g/mol. The van der Waals surface area contributed by atoms with Gasteiger partial charge in [0.2, 0.25) is 0 Å². The van der Waals surface area contributed by atoms with Gasteiger partial charge in [0, 0.05) is 49.1 Å². The van der Waals surface area contributed by atoms with Crippen LogP contribution in [0.1, 0.15) is 64.7 Å². The smallest absolute Gasteiger partial charge is 0.171 e. The Bertz CT molecular complexity index is 798. The maximum absolute atomic E-state index is 14.0. The van der Waals surface area contributed by atoms with Gasteiger partial charge in [0.25, 0.3) is 0 Å². The number of carbonyl (C=O) groups is 3. The Morgan fingerprint density at radius 2 is 1.89 bits per heavy atom. The molecule has 152 valence electrons. The van der Waals surface area contributed by atoms with Gasteiger partial charge in [-0.1, -0.05) is 28.9 Å². The molecule has 0 N–H and O–H groups in total. The Kier molecular flexibility index (Phi) is 4.00. The number of fused-ring (bicyclic) bond motifs is 2. The molecule has 4 bridgehead atoms. The maximum Gasteiger partial charge on any atom is 0.171 e. The van der Waals surface area contributed by atoms with Crippen LogP contribution in [0.4, 0.5) is 0 Å². The van der Waals surface area contributed by atoms with E-state index in [-0.39, 0.29) is 41.0 Å². The van der Waals surface area contributed by atoms with E-state index in [9.17, 15) is 14.4 Å². The van der Waals surface area contributed by atoms with Gasteiger partial charge in [0.1, 0.15) is 11.6 Å². The van der Waals surface area contributed by atoms with E-state index in [4.69, 9.17) is 9.47 Å². The molecule has 5 fully saturated rings. The highest BCUT2D eigenvalue weighted by Crippen LogP contribution is 2.68. The van der Waals surface area contributed by atoms with Crippen molar-refractivity contribution < 1.29 is 23.9 Å². The molecule has 2 aliphatic heterocycles. The minimum Gasteiger partial charge on any atom is -0.353 e. The van der Waals surface area contributed by atoms with Gasteiger partial charge in [-0.2, -0.15) is 0 Å². The number of hydrogen-bond donors (Lipinski definition) is 0. The van der Waals surface area contributed by atoms with Gasteiger partial charge in [-0.25, -0.2) is 0 Å². The summed E-state index contributed by atoms with van der Waals surface area (Å²) in [4.78, 5) is 39.7. The van der Waals surface area contributed by atoms with Gasteiger partial charge in [-0.3, -0.25) is 14.4 Å². The summed E-state index contributed by atoms with van der Waals surface area (Å²) >= 11 is 3.66. The number of rotatable bonds is 4. The number of carbonyl (C=O) groups excluding carboxylic acids is 3. The van der Waals surface area contributed by atoms with E-state index in [1.54, 1.807) is 7.11 Å². The molecule has 6 aliphatic rings. The van der Waals surface area contributed by atoms with E-state index in [0.29, 0.717) is 12.8 Å². The summed E-state index contributed by atoms with van der Waals surface area (Å²) in [7, 11) is 1.65. The number of ether oxygens (including phenoxy) is 2. The molecule has 4 aliphatic carbocycles. The molecule has 0 spiro atoms. The molecule has 6 heteroatoms. The number of hydrogen-bond acceptors (Lipinski definition) is 5. The van der Waals surface area contributed by atoms with Crippen molar-refractivity contribution in [2.24, 2.45) is 22.7 Å². The number of Topliss-reactive ketones (excluding diaryl/α,β-unsaturated/α-hetero) is 3. The van der Waals surface area contributed by atoms with E-state index in [1.165, 1.54) is 0 Å². The first-order valence-electron chi connectivity index (χ1n) is 10.5. The second-order valence-electron chi connectivity index (χ2n) is 9.70. The fraction of sp³-hybridized carbons (Fsp3) is 0.773. The molecule has 0 radical (unpaired) electrons. The van der Waals surface area contributed by atoms with Crippen LogP contribution in [0.3, 0.4) is 0 Å². The highest BCUT2D eigenvalue weighted by Gasteiger charge is 2.72. The molecule has 1 unspecified atom stereocenters. The standard InChI is InChI=1S/C22H27BrO5/c1-19-9-10-20(27-2)11-14(19)3-6-15(23)22(19,28-20)18(26)12-21-13(4-7-16(21)24)5-8-17(21)25/h6,13-14H,3-5,7-12H2,1-2H3/t13?,14-,19+,20?,21?,22+/m1/s1. The lowest BCUT2D eigenvalue weighted by atomic mass is 9.50. The van der Waals surface area contributed by atoms with Gasteiger partial charge in [0.05, 0.1) is 5.41 Å².